The smallest absolute Gasteiger partial charge is 0.585 e. The Labute approximate surface area is 217 Å². The van der Waals surface area contributed by atoms with E-state index in [1.807, 2.05) is 24.3 Å². The molecule has 2 atom stereocenters. The fraction of sp³-hybridized carbons (Fsp3) is 0.250. The van der Waals surface area contributed by atoms with Gasteiger partial charge >= 0.3 is 59.1 Å². The van der Waals surface area contributed by atoms with Crippen LogP contribution >= 0.6 is 11.8 Å². The summed E-state index contributed by atoms with van der Waals surface area (Å²) in [4.78, 5) is 33.5. The monoisotopic (exact) mass is 429 g/mol. The van der Waals surface area contributed by atoms with Crippen molar-refractivity contribution >= 4 is 28.9 Å². The number of nitrogens with zero attached hydrogens (tertiary/aromatic N) is 1. The van der Waals surface area contributed by atoms with Gasteiger partial charge in [0.25, 0.3) is 0 Å². The Morgan fingerprint density at radius 1 is 1.03 bits per heavy atom. The van der Waals surface area contributed by atoms with E-state index in [0.29, 0.717) is 24.3 Å². The second kappa shape index (κ2) is 12.2. The Morgan fingerprint density at radius 2 is 1.55 bits per heavy atom. The van der Waals surface area contributed by atoms with E-state index >= 15 is 0 Å². The number of ether oxygens (including phenoxy) is 1. The minimum atomic E-state index is -1.06. The zero-order chi connectivity index (χ0) is 19.4. The van der Waals surface area contributed by atoms with Crippen LogP contribution in [0.5, 0.6) is 11.5 Å². The molecule has 1 heterocycles. The van der Waals surface area contributed by atoms with E-state index in [4.69, 9.17) is 4.74 Å². The number of hydrogen-bond donors (Lipinski definition) is 0. The largest absolute Gasteiger partial charge is 1.00 e. The number of benzene rings is 2. The number of amides is 2. The molecule has 1 unspecified atom stereocenters. The van der Waals surface area contributed by atoms with Crippen LogP contribution in [-0.2, 0) is 22.4 Å². The first-order chi connectivity index (χ1) is 12.9. The molecule has 3 rings (SSSR count). The third kappa shape index (κ3) is 7.75. The molecule has 29 heavy (non-hydrogen) atoms. The van der Waals surface area contributed by atoms with Gasteiger partial charge in [0.2, 0.25) is 0 Å². The molecule has 2 amide bonds. The van der Waals surface area contributed by atoms with Crippen LogP contribution in [0, 0.1) is 5.92 Å². The van der Waals surface area contributed by atoms with Gasteiger partial charge in [0.1, 0.15) is 16.7 Å². The standard InChI is InChI=1S/C20H19NO5S.2Na/c1-12(19(23)24)10-13-2-6-15(7-3-13)26-16-8-4-14(5-9-16)11-17-18(22)21-20(25)27-17;;/h2-9,12,17H,10-11H2,1H3,(H2,21,22,23,24,25);;/q;2*+1/p-2/t12-,17?;;/m1../s1. The van der Waals surface area contributed by atoms with Crippen molar-refractivity contribution in [3.63, 3.8) is 0 Å². The van der Waals surface area contributed by atoms with Gasteiger partial charge in [-0.3, -0.25) is 0 Å². The van der Waals surface area contributed by atoms with Crippen molar-refractivity contribution in [2.75, 3.05) is 0 Å². The molecule has 2 aromatic rings. The van der Waals surface area contributed by atoms with Gasteiger partial charge in [0.15, 0.2) is 0 Å². The summed E-state index contributed by atoms with van der Waals surface area (Å²) in [5.74, 6) is -0.707. The first-order valence-electron chi connectivity index (χ1n) is 8.43. The zero-order valence-corrected chi connectivity index (χ0v) is 21.4. The average molecular weight is 429 g/mol. The molecule has 0 bridgehead atoms. The molecule has 0 radical (unpaired) electrons. The molecule has 1 fully saturated rings. The SMILES string of the molecule is C[C@H](Cc1ccc(Oc2ccc(CC3SC(=O)[N-]C3=O)cc2)cc1)C(=O)[O-].[Na+].[Na+]. The van der Waals surface area contributed by atoms with E-state index in [9.17, 15) is 19.5 Å². The van der Waals surface area contributed by atoms with Crippen LogP contribution in [0.25, 0.3) is 5.32 Å². The maximum absolute atomic E-state index is 11.6. The van der Waals surface area contributed by atoms with E-state index in [1.54, 1.807) is 31.2 Å². The predicted octanol–water partition coefficient (Wildman–Crippen LogP) is -2.91. The number of thioether (sulfide) groups is 1. The first kappa shape index (κ1) is 26.2. The van der Waals surface area contributed by atoms with Gasteiger partial charge in [0, 0.05) is 5.97 Å². The van der Waals surface area contributed by atoms with Crippen LogP contribution < -0.4 is 69.0 Å². The average Bonchev–Trinajstić information content (AvgIpc) is 2.95. The van der Waals surface area contributed by atoms with Crippen molar-refractivity contribution in [2.24, 2.45) is 5.92 Å². The molecular formula is C20H17NNa2O5S. The molecule has 0 spiro atoms. The summed E-state index contributed by atoms with van der Waals surface area (Å²) < 4.78 is 5.78. The second-order valence-corrected chi connectivity index (χ2v) is 7.49. The second-order valence-electron chi connectivity index (χ2n) is 6.34. The molecule has 1 aliphatic heterocycles. The van der Waals surface area contributed by atoms with E-state index in [2.05, 4.69) is 5.32 Å². The number of carbonyl (C=O) groups excluding carboxylic acids is 3. The van der Waals surface area contributed by atoms with Crippen LogP contribution in [-0.4, -0.2) is 22.4 Å². The molecule has 0 saturated carbocycles. The van der Waals surface area contributed by atoms with Crippen LogP contribution in [0.1, 0.15) is 18.1 Å². The fourth-order valence-corrected chi connectivity index (χ4v) is 3.48. The summed E-state index contributed by atoms with van der Waals surface area (Å²) in [5.41, 5.74) is 1.82. The van der Waals surface area contributed by atoms with Gasteiger partial charge in [-0.1, -0.05) is 43.0 Å². The summed E-state index contributed by atoms with van der Waals surface area (Å²) in [6.45, 7) is 1.61. The molecule has 2 aromatic carbocycles. The maximum Gasteiger partial charge on any atom is 1.00 e. The van der Waals surface area contributed by atoms with E-state index in [0.717, 1.165) is 22.9 Å². The topological polar surface area (TPSA) is 97.6 Å². The summed E-state index contributed by atoms with van der Waals surface area (Å²) >= 11 is 0.955. The Kier molecular flexibility index (Phi) is 11.0. The summed E-state index contributed by atoms with van der Waals surface area (Å²) in [7, 11) is 0. The Balaban J connectivity index is 0.00000210. The number of carbonyl (C=O) groups is 3. The van der Waals surface area contributed by atoms with E-state index in [-0.39, 0.29) is 65.0 Å². The van der Waals surface area contributed by atoms with Crippen molar-refractivity contribution in [1.29, 1.82) is 0 Å². The number of hydrogen-bond acceptors (Lipinski definition) is 6. The molecule has 0 aromatic heterocycles. The molecule has 0 N–H and O–H groups in total. The van der Waals surface area contributed by atoms with Crippen molar-refractivity contribution in [3.8, 4) is 11.5 Å². The molecule has 0 aliphatic carbocycles. The van der Waals surface area contributed by atoms with Crippen molar-refractivity contribution in [3.05, 3.63) is 65.0 Å². The first-order valence-corrected chi connectivity index (χ1v) is 9.31. The van der Waals surface area contributed by atoms with Gasteiger partial charge in [-0.25, -0.2) is 0 Å². The maximum atomic E-state index is 11.6. The Morgan fingerprint density at radius 3 is 2.00 bits per heavy atom. The predicted molar refractivity (Wildman–Crippen MR) is 99.7 cm³/mol. The summed E-state index contributed by atoms with van der Waals surface area (Å²) in [6, 6.07) is 14.5. The van der Waals surface area contributed by atoms with Crippen LogP contribution in [0.3, 0.4) is 0 Å². The molecular weight excluding hydrogens is 412 g/mol. The minimum Gasteiger partial charge on any atom is -0.585 e. The van der Waals surface area contributed by atoms with Gasteiger partial charge in [-0.05, 0) is 54.2 Å². The Bertz CT molecular complexity index is 858. The van der Waals surface area contributed by atoms with Crippen LogP contribution in [0.4, 0.5) is 4.79 Å². The molecule has 1 saturated heterocycles. The summed E-state index contributed by atoms with van der Waals surface area (Å²) in [5, 5.41) is 13.3. The number of imide groups is 1. The van der Waals surface area contributed by atoms with E-state index < -0.39 is 22.4 Å². The van der Waals surface area contributed by atoms with E-state index in [1.165, 1.54) is 0 Å². The van der Waals surface area contributed by atoms with Gasteiger partial charge in [-0.15, -0.1) is 0 Å². The fourth-order valence-electron chi connectivity index (χ4n) is 2.66. The van der Waals surface area contributed by atoms with Gasteiger partial charge in [-0.2, -0.15) is 0 Å². The third-order valence-electron chi connectivity index (χ3n) is 4.17. The number of carboxylic acids is 1. The minimum absolute atomic E-state index is 0. The normalized spacial score (nSPS) is 16.2. The van der Waals surface area contributed by atoms with Crippen LogP contribution in [0.2, 0.25) is 0 Å². The number of rotatable bonds is 7. The van der Waals surface area contributed by atoms with Crippen LogP contribution in [0.15, 0.2) is 48.5 Å². The zero-order valence-electron chi connectivity index (χ0n) is 16.6. The molecule has 9 heteroatoms. The quantitative estimate of drug-likeness (QED) is 0.438. The number of aliphatic carboxylic acids is 1. The van der Waals surface area contributed by atoms with Gasteiger partial charge in [0.05, 0.1) is 11.2 Å². The number of carboxylic acid groups (broad SMARTS) is 1. The van der Waals surface area contributed by atoms with Crippen molar-refractivity contribution < 1.29 is 83.3 Å². The molecule has 140 valence electrons. The Hall–Kier alpha value is -0.800. The third-order valence-corrected chi connectivity index (χ3v) is 5.11. The van der Waals surface area contributed by atoms with Crippen molar-refractivity contribution in [1.82, 2.24) is 0 Å². The summed E-state index contributed by atoms with van der Waals surface area (Å²) in [6.07, 6.45) is 0.855. The molecule has 1 aliphatic rings. The van der Waals surface area contributed by atoms with Gasteiger partial charge < -0.3 is 29.5 Å². The molecule has 6 nitrogen and oxygen atoms in total. The van der Waals surface area contributed by atoms with Crippen molar-refractivity contribution in [2.45, 2.75) is 25.0 Å².